The molecule has 2 aliphatic rings. The zero-order valence-corrected chi connectivity index (χ0v) is 25.0. The summed E-state index contributed by atoms with van der Waals surface area (Å²) in [4.78, 5) is 4.75. The van der Waals surface area contributed by atoms with Crippen molar-refractivity contribution in [1.29, 1.82) is 0 Å². The van der Waals surface area contributed by atoms with Gasteiger partial charge in [0.2, 0.25) is 0 Å². The molecule has 0 saturated carbocycles. The van der Waals surface area contributed by atoms with E-state index in [1.54, 1.807) is 0 Å². The van der Waals surface area contributed by atoms with Crippen molar-refractivity contribution in [2.75, 3.05) is 9.80 Å². The zero-order valence-electron chi connectivity index (χ0n) is 25.0. The highest BCUT2D eigenvalue weighted by Crippen LogP contribution is 2.55. The van der Waals surface area contributed by atoms with Crippen LogP contribution >= 0.6 is 0 Å². The quantitative estimate of drug-likeness (QED) is 0.207. The van der Waals surface area contributed by atoms with Crippen LogP contribution < -0.4 is 14.5 Å². The molecule has 212 valence electrons. The van der Waals surface area contributed by atoms with E-state index in [4.69, 9.17) is 4.74 Å². The summed E-state index contributed by atoms with van der Waals surface area (Å²) in [5.41, 5.74) is 11.6. The van der Waals surface area contributed by atoms with Crippen molar-refractivity contribution in [3.8, 4) is 11.5 Å². The van der Waals surface area contributed by atoms with Gasteiger partial charge < -0.3 is 19.1 Å². The fraction of sp³-hybridized carbons (Fsp3) is 0.100. The molecule has 0 spiro atoms. The summed E-state index contributed by atoms with van der Waals surface area (Å²) in [6.45, 7) is 4.70. The Morgan fingerprint density at radius 2 is 1.02 bits per heavy atom. The first-order valence-electron chi connectivity index (χ1n) is 15.2. The van der Waals surface area contributed by atoms with E-state index < -0.39 is 0 Å². The molecule has 1 aromatic heterocycles. The average Bonchev–Trinajstić information content (AvgIpc) is 3.32. The second-order valence-corrected chi connectivity index (χ2v) is 12.3. The Kier molecular flexibility index (Phi) is 5.13. The Balaban J connectivity index is 1.34. The molecule has 0 N–H and O–H groups in total. The lowest BCUT2D eigenvalue weighted by molar-refractivity contribution is 0.477. The van der Waals surface area contributed by atoms with Crippen LogP contribution in [0.3, 0.4) is 0 Å². The maximum atomic E-state index is 6.58. The first-order chi connectivity index (χ1) is 21.5. The van der Waals surface area contributed by atoms with Crippen LogP contribution in [0.4, 0.5) is 34.1 Å². The van der Waals surface area contributed by atoms with Gasteiger partial charge in [0.25, 0.3) is 0 Å². The Bertz CT molecular complexity index is 2250. The van der Waals surface area contributed by atoms with Crippen LogP contribution in [0.15, 0.2) is 133 Å². The van der Waals surface area contributed by atoms with Crippen molar-refractivity contribution >= 4 is 55.9 Å². The van der Waals surface area contributed by atoms with Crippen molar-refractivity contribution in [2.24, 2.45) is 7.05 Å². The van der Waals surface area contributed by atoms with Crippen molar-refractivity contribution in [1.82, 2.24) is 4.57 Å². The standard InChI is InChI=1S/C40H31N3O/c1-40(2)30-18-10-11-19-32(30)42(26-14-6-4-7-15-26)36-22-28-29-23-37-39(25-35(29)41(3)34(28)24-31(36)40)44-38-21-13-12-20-33(38)43(37)27-16-8-5-9-17-27/h4-25H,1-3H3. The Hall–Kier alpha value is -5.48. The molecule has 4 nitrogen and oxygen atoms in total. The van der Waals surface area contributed by atoms with Crippen LogP contribution in [0.2, 0.25) is 0 Å². The van der Waals surface area contributed by atoms with Crippen LogP contribution in [0.1, 0.15) is 25.0 Å². The predicted molar refractivity (Wildman–Crippen MR) is 182 cm³/mol. The van der Waals surface area contributed by atoms with Crippen LogP contribution in [0, 0.1) is 0 Å². The monoisotopic (exact) mass is 569 g/mol. The number of rotatable bonds is 2. The van der Waals surface area contributed by atoms with E-state index >= 15 is 0 Å². The minimum atomic E-state index is -0.171. The van der Waals surface area contributed by atoms with Crippen molar-refractivity contribution in [3.05, 3.63) is 145 Å². The van der Waals surface area contributed by atoms with Gasteiger partial charge in [-0.1, -0.05) is 80.6 Å². The van der Waals surface area contributed by atoms with E-state index in [0.717, 1.165) is 39.8 Å². The molecule has 0 amide bonds. The number of anilines is 6. The van der Waals surface area contributed by atoms with Crippen LogP contribution in [-0.4, -0.2) is 4.57 Å². The summed E-state index contributed by atoms with van der Waals surface area (Å²) in [7, 11) is 2.17. The van der Waals surface area contributed by atoms with Gasteiger partial charge in [0.1, 0.15) is 0 Å². The molecule has 0 aliphatic carbocycles. The first kappa shape index (κ1) is 25.1. The lowest BCUT2D eigenvalue weighted by atomic mass is 9.73. The molecule has 0 unspecified atom stereocenters. The number of aromatic nitrogens is 1. The fourth-order valence-corrected chi connectivity index (χ4v) is 7.35. The molecule has 2 aliphatic heterocycles. The molecule has 0 fully saturated rings. The van der Waals surface area contributed by atoms with E-state index in [-0.39, 0.29) is 5.41 Å². The summed E-state index contributed by atoms with van der Waals surface area (Å²) in [5.74, 6) is 1.71. The minimum absolute atomic E-state index is 0.171. The molecule has 7 aromatic rings. The van der Waals surface area contributed by atoms with Gasteiger partial charge in [-0.05, 0) is 71.8 Å². The normalized spacial score (nSPS) is 14.5. The predicted octanol–water partition coefficient (Wildman–Crippen LogP) is 11.0. The molecule has 44 heavy (non-hydrogen) atoms. The molecule has 6 aromatic carbocycles. The van der Waals surface area contributed by atoms with Gasteiger partial charge in [0.15, 0.2) is 11.5 Å². The smallest absolute Gasteiger partial charge is 0.153 e. The maximum Gasteiger partial charge on any atom is 0.153 e. The van der Waals surface area contributed by atoms with E-state index in [1.165, 1.54) is 38.8 Å². The number of nitrogens with zero attached hydrogens (tertiary/aromatic N) is 3. The largest absolute Gasteiger partial charge is 0.453 e. The van der Waals surface area contributed by atoms with Crippen molar-refractivity contribution < 1.29 is 4.74 Å². The number of ether oxygens (including phenoxy) is 1. The van der Waals surface area contributed by atoms with Gasteiger partial charge in [0, 0.05) is 46.2 Å². The highest BCUT2D eigenvalue weighted by atomic mass is 16.5. The van der Waals surface area contributed by atoms with E-state index in [2.05, 4.69) is 157 Å². The highest BCUT2D eigenvalue weighted by Gasteiger charge is 2.38. The van der Waals surface area contributed by atoms with Gasteiger partial charge >= 0.3 is 0 Å². The number of hydrogen-bond acceptors (Lipinski definition) is 3. The van der Waals surface area contributed by atoms with E-state index in [9.17, 15) is 0 Å². The third-order valence-electron chi connectivity index (χ3n) is 9.53. The molecule has 4 heteroatoms. The van der Waals surface area contributed by atoms with Gasteiger partial charge in [-0.25, -0.2) is 0 Å². The topological polar surface area (TPSA) is 20.6 Å². The van der Waals surface area contributed by atoms with Crippen LogP contribution in [0.5, 0.6) is 11.5 Å². The second-order valence-electron chi connectivity index (χ2n) is 12.3. The number of benzene rings is 6. The number of hydrogen-bond donors (Lipinski definition) is 0. The third-order valence-corrected chi connectivity index (χ3v) is 9.53. The molecule has 0 radical (unpaired) electrons. The zero-order chi connectivity index (χ0) is 29.6. The summed E-state index contributed by atoms with van der Waals surface area (Å²) in [6.07, 6.45) is 0. The number of fused-ring (bicyclic) bond motifs is 7. The van der Waals surface area contributed by atoms with Crippen molar-refractivity contribution in [2.45, 2.75) is 19.3 Å². The number of aryl methyl sites for hydroxylation is 1. The molecule has 0 atom stereocenters. The van der Waals surface area contributed by atoms with Gasteiger partial charge in [-0.2, -0.15) is 0 Å². The molecule has 0 saturated heterocycles. The average molecular weight is 570 g/mol. The summed E-state index contributed by atoms with van der Waals surface area (Å²) < 4.78 is 8.90. The maximum absolute atomic E-state index is 6.58. The van der Waals surface area contributed by atoms with Gasteiger partial charge in [-0.15, -0.1) is 0 Å². The summed E-state index contributed by atoms with van der Waals surface area (Å²) in [5, 5.41) is 2.43. The third kappa shape index (κ3) is 3.39. The van der Waals surface area contributed by atoms with Gasteiger partial charge in [0.05, 0.1) is 28.3 Å². The van der Waals surface area contributed by atoms with Crippen molar-refractivity contribution in [3.63, 3.8) is 0 Å². The SMILES string of the molecule is Cn1c2cc3c(cc2c2cc4c(cc21)C(C)(C)c1ccccc1N4c1ccccc1)N(c1ccccc1)c1ccccc1O3. The van der Waals surface area contributed by atoms with E-state index in [0.29, 0.717) is 0 Å². The lowest BCUT2D eigenvalue weighted by Gasteiger charge is -2.42. The van der Waals surface area contributed by atoms with Gasteiger partial charge in [-0.3, -0.25) is 0 Å². The highest BCUT2D eigenvalue weighted by molar-refractivity contribution is 6.13. The number of para-hydroxylation sites is 5. The summed E-state index contributed by atoms with van der Waals surface area (Å²) >= 11 is 0. The van der Waals surface area contributed by atoms with Crippen LogP contribution in [-0.2, 0) is 12.5 Å². The Morgan fingerprint density at radius 1 is 0.477 bits per heavy atom. The fourth-order valence-electron chi connectivity index (χ4n) is 7.35. The molecule has 9 rings (SSSR count). The first-order valence-corrected chi connectivity index (χ1v) is 15.2. The molecule has 0 bridgehead atoms. The van der Waals surface area contributed by atoms with E-state index in [1.807, 2.05) is 12.1 Å². The molecule has 3 heterocycles. The Morgan fingerprint density at radius 3 is 1.73 bits per heavy atom. The second kappa shape index (κ2) is 9.01. The lowest BCUT2D eigenvalue weighted by Crippen LogP contribution is -2.30. The summed E-state index contributed by atoms with van der Waals surface area (Å²) in [6, 6.07) is 47.8. The molecular weight excluding hydrogens is 538 g/mol. The van der Waals surface area contributed by atoms with Crippen LogP contribution in [0.25, 0.3) is 21.8 Å². The molecular formula is C40H31N3O. The minimum Gasteiger partial charge on any atom is -0.453 e. The Labute approximate surface area is 257 Å².